The van der Waals surface area contributed by atoms with Gasteiger partial charge in [0, 0.05) is 24.7 Å². The Morgan fingerprint density at radius 1 is 1.18 bits per heavy atom. The Morgan fingerprint density at radius 2 is 1.89 bits per heavy atom. The molecule has 0 spiro atoms. The van der Waals surface area contributed by atoms with Crippen LogP contribution in [0.3, 0.4) is 0 Å². The van der Waals surface area contributed by atoms with Crippen molar-refractivity contribution in [1.29, 1.82) is 5.26 Å². The maximum Gasteiger partial charge on any atom is 0.260 e. The van der Waals surface area contributed by atoms with Crippen molar-refractivity contribution >= 4 is 16.6 Å². The van der Waals surface area contributed by atoms with Gasteiger partial charge >= 0.3 is 0 Å². The molecule has 0 aliphatic carbocycles. The highest BCUT2D eigenvalue weighted by Gasteiger charge is 2.15. The van der Waals surface area contributed by atoms with Crippen LogP contribution in [0.15, 0.2) is 66.0 Å². The van der Waals surface area contributed by atoms with Gasteiger partial charge in [-0.25, -0.2) is 0 Å². The Hall–Kier alpha value is -3.58. The van der Waals surface area contributed by atoms with Gasteiger partial charge in [0.25, 0.3) is 5.56 Å². The molecule has 2 aromatic carbocycles. The lowest BCUT2D eigenvalue weighted by Crippen LogP contribution is -2.26. The highest BCUT2D eigenvalue weighted by molar-refractivity contribution is 5.90. The Kier molecular flexibility index (Phi) is 5.19. The predicted octanol–water partition coefficient (Wildman–Crippen LogP) is 4.52. The monoisotopic (exact) mass is 369 g/mol. The van der Waals surface area contributed by atoms with Crippen LogP contribution in [-0.4, -0.2) is 11.1 Å². The van der Waals surface area contributed by atoms with Crippen molar-refractivity contribution in [1.82, 2.24) is 9.88 Å². The largest absolute Gasteiger partial charge is 0.381 e. The summed E-state index contributed by atoms with van der Waals surface area (Å²) in [7, 11) is 1.77. The zero-order chi connectivity index (χ0) is 20.4. The van der Waals surface area contributed by atoms with Crippen LogP contribution in [0.5, 0.6) is 0 Å². The van der Waals surface area contributed by atoms with Crippen LogP contribution in [0.1, 0.15) is 23.6 Å². The summed E-state index contributed by atoms with van der Waals surface area (Å²) < 4.78 is 1.66. The number of nitrogens with zero attached hydrogens (tertiary/aromatic N) is 2. The molecule has 1 N–H and O–H groups in total. The smallest absolute Gasteiger partial charge is 0.260 e. The molecular weight excluding hydrogens is 346 g/mol. The summed E-state index contributed by atoms with van der Waals surface area (Å²) in [5.74, 6) is 0. The molecule has 0 amide bonds. The zero-order valence-corrected chi connectivity index (χ0v) is 16.5. The van der Waals surface area contributed by atoms with Crippen molar-refractivity contribution in [3.05, 3.63) is 88.2 Å². The van der Waals surface area contributed by atoms with E-state index in [4.69, 9.17) is 5.26 Å². The number of pyridine rings is 1. The van der Waals surface area contributed by atoms with Gasteiger partial charge in [-0.3, -0.25) is 4.79 Å². The minimum absolute atomic E-state index is 0.0906. The molecule has 0 radical (unpaired) electrons. The van der Waals surface area contributed by atoms with E-state index in [1.54, 1.807) is 17.7 Å². The van der Waals surface area contributed by atoms with Crippen molar-refractivity contribution < 1.29 is 0 Å². The molecule has 0 saturated carbocycles. The van der Waals surface area contributed by atoms with Crippen LogP contribution < -0.4 is 10.9 Å². The summed E-state index contributed by atoms with van der Waals surface area (Å²) in [5.41, 5.74) is 6.34. The lowest BCUT2D eigenvalue weighted by molar-refractivity contribution is 0.884. The van der Waals surface area contributed by atoms with E-state index in [1.165, 1.54) is 0 Å². The second kappa shape index (κ2) is 7.58. The summed E-state index contributed by atoms with van der Waals surface area (Å²) in [6.07, 6.45) is 0. The third-order valence-electron chi connectivity index (χ3n) is 4.89. The predicted molar refractivity (Wildman–Crippen MR) is 116 cm³/mol. The van der Waals surface area contributed by atoms with Crippen LogP contribution in [0.4, 0.5) is 0 Å². The fourth-order valence-electron chi connectivity index (χ4n) is 3.35. The molecule has 4 heteroatoms. The molecule has 0 bridgehead atoms. The maximum atomic E-state index is 13.0. The molecule has 0 aliphatic heterocycles. The van der Waals surface area contributed by atoms with Gasteiger partial charge in [0.05, 0.1) is 22.7 Å². The molecule has 28 heavy (non-hydrogen) atoms. The number of aromatic nitrogens is 1. The van der Waals surface area contributed by atoms with E-state index in [0.29, 0.717) is 23.4 Å². The molecule has 4 nitrogen and oxygen atoms in total. The first-order chi connectivity index (χ1) is 13.3. The summed E-state index contributed by atoms with van der Waals surface area (Å²) in [6, 6.07) is 15.7. The molecule has 3 aromatic rings. The quantitative estimate of drug-likeness (QED) is 0.673. The van der Waals surface area contributed by atoms with Crippen molar-refractivity contribution in [2.75, 3.05) is 6.54 Å². The third kappa shape index (κ3) is 3.47. The molecular formula is C24H23N3O. The topological polar surface area (TPSA) is 57.8 Å². The molecule has 3 rings (SSSR count). The lowest BCUT2D eigenvalue weighted by atomic mass is 9.97. The highest BCUT2D eigenvalue weighted by atomic mass is 16.1. The molecule has 1 aromatic heterocycles. The van der Waals surface area contributed by atoms with Crippen LogP contribution in [0.2, 0.25) is 0 Å². The van der Waals surface area contributed by atoms with Gasteiger partial charge in [-0.15, -0.1) is 0 Å². The van der Waals surface area contributed by atoms with E-state index in [2.05, 4.69) is 24.5 Å². The van der Waals surface area contributed by atoms with Gasteiger partial charge in [0.2, 0.25) is 0 Å². The zero-order valence-electron chi connectivity index (χ0n) is 16.5. The number of hydrogen-bond donors (Lipinski definition) is 1. The van der Waals surface area contributed by atoms with Crippen LogP contribution in [-0.2, 0) is 7.05 Å². The minimum atomic E-state index is -0.0906. The fraction of sp³-hybridized carbons (Fsp3) is 0.167. The molecule has 0 aliphatic rings. The Bertz CT molecular complexity index is 1210. The van der Waals surface area contributed by atoms with E-state index in [1.807, 2.05) is 50.2 Å². The average Bonchev–Trinajstić information content (AvgIpc) is 2.70. The first-order valence-electron chi connectivity index (χ1n) is 9.05. The summed E-state index contributed by atoms with van der Waals surface area (Å²) in [4.78, 5) is 13.0. The fourth-order valence-corrected chi connectivity index (χ4v) is 3.35. The summed E-state index contributed by atoms with van der Waals surface area (Å²) in [6.45, 7) is 12.4. The van der Waals surface area contributed by atoms with Crippen LogP contribution >= 0.6 is 0 Å². The average molecular weight is 369 g/mol. The molecule has 1 heterocycles. The van der Waals surface area contributed by atoms with Gasteiger partial charge in [-0.1, -0.05) is 43.0 Å². The summed E-state index contributed by atoms with van der Waals surface area (Å²) >= 11 is 0. The summed E-state index contributed by atoms with van der Waals surface area (Å²) in [5, 5.41) is 13.3. The minimum Gasteiger partial charge on any atom is -0.381 e. The molecule has 0 atom stereocenters. The van der Waals surface area contributed by atoms with Gasteiger partial charge in [0.15, 0.2) is 0 Å². The lowest BCUT2D eigenvalue weighted by Gasteiger charge is -2.17. The van der Waals surface area contributed by atoms with Crippen molar-refractivity contribution in [2.45, 2.75) is 13.8 Å². The van der Waals surface area contributed by atoms with E-state index in [0.717, 1.165) is 33.2 Å². The van der Waals surface area contributed by atoms with Gasteiger partial charge in [0.1, 0.15) is 0 Å². The van der Waals surface area contributed by atoms with E-state index in [-0.39, 0.29) is 5.56 Å². The Balaban J connectivity index is 2.16. The Morgan fingerprint density at radius 3 is 2.57 bits per heavy atom. The number of rotatable bonds is 5. The Labute approximate surface area is 165 Å². The van der Waals surface area contributed by atoms with E-state index in [9.17, 15) is 4.79 Å². The number of hydrogen-bond acceptors (Lipinski definition) is 3. The number of benzene rings is 2. The normalized spacial score (nSPS) is 10.5. The molecule has 0 saturated heterocycles. The second-order valence-corrected chi connectivity index (χ2v) is 7.08. The standard InChI is InChI=1S/C24H23N3O/c1-15(2)14-26-17(4)23-16(3)21-10-9-20(12-22(21)27(5)24(23)28)19-8-6-7-18(11-19)13-25/h6-12,26H,1,4,14H2,2-3,5H3. The van der Waals surface area contributed by atoms with Gasteiger partial charge in [-0.05, 0) is 48.7 Å². The van der Waals surface area contributed by atoms with Gasteiger partial charge < -0.3 is 9.88 Å². The first kappa shape index (κ1) is 19.2. The molecule has 0 fully saturated rings. The van der Waals surface area contributed by atoms with E-state index >= 15 is 0 Å². The van der Waals surface area contributed by atoms with Gasteiger partial charge in [-0.2, -0.15) is 5.26 Å². The second-order valence-electron chi connectivity index (χ2n) is 7.08. The first-order valence-corrected chi connectivity index (χ1v) is 9.05. The van der Waals surface area contributed by atoms with Crippen molar-refractivity contribution in [3.8, 4) is 17.2 Å². The number of nitriles is 1. The van der Waals surface area contributed by atoms with Crippen molar-refractivity contribution in [2.24, 2.45) is 7.05 Å². The SMILES string of the molecule is C=C(C)CNC(=C)c1c(C)c2ccc(-c3cccc(C#N)c3)cc2n(C)c1=O. The number of fused-ring (bicyclic) bond motifs is 1. The molecule has 0 unspecified atom stereocenters. The maximum absolute atomic E-state index is 13.0. The van der Waals surface area contributed by atoms with Crippen molar-refractivity contribution in [3.63, 3.8) is 0 Å². The third-order valence-corrected chi connectivity index (χ3v) is 4.89. The molecule has 140 valence electrons. The number of aryl methyl sites for hydroxylation is 2. The van der Waals surface area contributed by atoms with Crippen LogP contribution in [0, 0.1) is 18.3 Å². The highest BCUT2D eigenvalue weighted by Crippen LogP contribution is 2.28. The number of nitrogens with one attached hydrogen (secondary N) is 1. The van der Waals surface area contributed by atoms with E-state index < -0.39 is 0 Å². The van der Waals surface area contributed by atoms with Crippen LogP contribution in [0.25, 0.3) is 27.7 Å².